The molecule has 0 atom stereocenters. The Morgan fingerprint density at radius 1 is 1.32 bits per heavy atom. The van der Waals surface area contributed by atoms with Crippen LogP contribution in [0.3, 0.4) is 0 Å². The van der Waals surface area contributed by atoms with Crippen LogP contribution >= 0.6 is 0 Å². The summed E-state index contributed by atoms with van der Waals surface area (Å²) in [5, 5.41) is 13.2. The molecule has 0 fully saturated rings. The van der Waals surface area contributed by atoms with Crippen LogP contribution < -0.4 is 11.2 Å². The molecule has 0 spiro atoms. The molecule has 100 valence electrons. The van der Waals surface area contributed by atoms with Crippen molar-refractivity contribution < 1.29 is 4.58 Å². The van der Waals surface area contributed by atoms with E-state index in [1.807, 2.05) is 55.7 Å². The van der Waals surface area contributed by atoms with Gasteiger partial charge in [-0.1, -0.05) is 17.7 Å². The number of hydrogen-bond acceptors (Lipinski definition) is 3. The van der Waals surface area contributed by atoms with Gasteiger partial charge in [0, 0.05) is 0 Å². The van der Waals surface area contributed by atoms with Gasteiger partial charge in [0.05, 0.1) is 18.8 Å². The molecule has 5 nitrogen and oxygen atoms in total. The second-order valence-corrected chi connectivity index (χ2v) is 4.11. The first-order chi connectivity index (χ1) is 9.12. The van der Waals surface area contributed by atoms with Crippen molar-refractivity contribution in [3.63, 3.8) is 0 Å². The molecule has 0 amide bonds. The number of hydrazone groups is 1. The molecule has 0 bridgehead atoms. The van der Waals surface area contributed by atoms with Crippen molar-refractivity contribution >= 4 is 17.2 Å². The summed E-state index contributed by atoms with van der Waals surface area (Å²) >= 11 is 0. The third-order valence-electron chi connectivity index (χ3n) is 2.80. The Morgan fingerprint density at radius 3 is 2.37 bits per heavy atom. The van der Waals surface area contributed by atoms with Gasteiger partial charge in [-0.2, -0.15) is 10.4 Å². The van der Waals surface area contributed by atoms with Crippen molar-refractivity contribution in [3.8, 4) is 6.07 Å². The summed E-state index contributed by atoms with van der Waals surface area (Å²) in [5.41, 5.74) is 11.0. The molecule has 1 aromatic rings. The van der Waals surface area contributed by atoms with Gasteiger partial charge in [0.1, 0.15) is 6.07 Å². The normalized spacial score (nSPS) is 10.7. The number of nitrogens with one attached hydrogen (secondary N) is 1. The molecule has 0 aliphatic carbocycles. The summed E-state index contributed by atoms with van der Waals surface area (Å²) in [7, 11) is 0. The first-order valence-corrected chi connectivity index (χ1v) is 6.30. The number of anilines is 1. The summed E-state index contributed by atoms with van der Waals surface area (Å²) in [6.45, 7) is 7.47. The smallest absolute Gasteiger partial charge is 0.285 e. The second kappa shape index (κ2) is 7.17. The minimum atomic E-state index is 0.198. The van der Waals surface area contributed by atoms with Crippen LogP contribution in [-0.4, -0.2) is 29.2 Å². The molecule has 0 saturated heterocycles. The van der Waals surface area contributed by atoms with E-state index in [2.05, 4.69) is 10.5 Å². The maximum atomic E-state index is 9.11. The van der Waals surface area contributed by atoms with E-state index in [-0.39, 0.29) is 5.71 Å². The monoisotopic (exact) mass is 258 g/mol. The summed E-state index contributed by atoms with van der Waals surface area (Å²) in [6.07, 6.45) is 0. The van der Waals surface area contributed by atoms with Crippen molar-refractivity contribution in [1.82, 2.24) is 0 Å². The molecule has 0 radical (unpaired) electrons. The molecule has 0 aliphatic rings. The van der Waals surface area contributed by atoms with E-state index in [1.54, 1.807) is 0 Å². The summed E-state index contributed by atoms with van der Waals surface area (Å²) < 4.78 is 1.89. The molecule has 19 heavy (non-hydrogen) atoms. The molecule has 5 heteroatoms. The molecular formula is C14H20N5+. The van der Waals surface area contributed by atoms with Gasteiger partial charge in [0.2, 0.25) is 5.71 Å². The molecule has 0 aromatic heterocycles. The quantitative estimate of drug-likeness (QED) is 0.365. The molecule has 0 unspecified atom stereocenters. The molecule has 3 N–H and O–H groups in total. The minimum Gasteiger partial charge on any atom is -0.285 e. The molecule has 1 rings (SSSR count). The van der Waals surface area contributed by atoms with E-state index in [4.69, 9.17) is 11.0 Å². The van der Waals surface area contributed by atoms with Gasteiger partial charge in [-0.15, -0.1) is 0 Å². The number of hydrogen-bond donors (Lipinski definition) is 2. The topological polar surface area (TPSA) is 77.2 Å². The van der Waals surface area contributed by atoms with Crippen LogP contribution in [0.2, 0.25) is 0 Å². The first kappa shape index (κ1) is 14.7. The van der Waals surface area contributed by atoms with Crippen molar-refractivity contribution in [2.45, 2.75) is 20.8 Å². The number of rotatable bonds is 5. The lowest BCUT2D eigenvalue weighted by Gasteiger charge is -2.04. The van der Waals surface area contributed by atoms with E-state index in [1.165, 1.54) is 5.56 Å². The van der Waals surface area contributed by atoms with Crippen molar-refractivity contribution in [1.29, 1.82) is 5.26 Å². The van der Waals surface area contributed by atoms with E-state index in [9.17, 15) is 0 Å². The van der Waals surface area contributed by atoms with Crippen LogP contribution in [0.4, 0.5) is 5.69 Å². The fraction of sp³-hybridized carbons (Fsp3) is 0.357. The van der Waals surface area contributed by atoms with Crippen LogP contribution in [0.1, 0.15) is 19.4 Å². The van der Waals surface area contributed by atoms with E-state index >= 15 is 0 Å². The van der Waals surface area contributed by atoms with Crippen LogP contribution in [0.25, 0.3) is 0 Å². The van der Waals surface area contributed by atoms with Crippen molar-refractivity contribution in [2.24, 2.45) is 10.8 Å². The van der Waals surface area contributed by atoms with Gasteiger partial charge in [0.15, 0.2) is 0 Å². The predicted octanol–water partition coefficient (Wildman–Crippen LogP) is 1.70. The van der Waals surface area contributed by atoms with Gasteiger partial charge < -0.3 is 0 Å². The average molecular weight is 258 g/mol. The second-order valence-electron chi connectivity index (χ2n) is 4.11. The highest BCUT2D eigenvalue weighted by Crippen LogP contribution is 2.08. The number of aryl methyl sites for hydroxylation is 1. The maximum absolute atomic E-state index is 9.11. The van der Waals surface area contributed by atoms with Crippen molar-refractivity contribution in [2.75, 3.05) is 18.5 Å². The zero-order chi connectivity index (χ0) is 14.3. The Bertz CT molecular complexity index is 514. The Balaban J connectivity index is 2.92. The molecule has 1 aromatic carbocycles. The number of amidine groups is 1. The number of nitrogens with zero attached hydrogens (tertiary/aromatic N) is 3. The first-order valence-electron chi connectivity index (χ1n) is 6.30. The predicted molar refractivity (Wildman–Crippen MR) is 78.4 cm³/mol. The lowest BCUT2D eigenvalue weighted by Crippen LogP contribution is -2.35. The highest BCUT2D eigenvalue weighted by molar-refractivity contribution is 6.45. The zero-order valence-electron chi connectivity index (χ0n) is 11.6. The third-order valence-corrected chi connectivity index (χ3v) is 2.80. The Kier molecular flexibility index (Phi) is 5.55. The number of nitriles is 1. The zero-order valence-corrected chi connectivity index (χ0v) is 11.6. The highest BCUT2D eigenvalue weighted by atomic mass is 15.3. The number of benzene rings is 1. The minimum absolute atomic E-state index is 0.198. The van der Waals surface area contributed by atoms with E-state index < -0.39 is 0 Å². The van der Waals surface area contributed by atoms with Crippen LogP contribution in [0.15, 0.2) is 29.4 Å². The fourth-order valence-corrected chi connectivity index (χ4v) is 1.60. The fourth-order valence-electron chi connectivity index (χ4n) is 1.60. The summed E-state index contributed by atoms with van der Waals surface area (Å²) in [4.78, 5) is 0. The average Bonchev–Trinajstić information content (AvgIpc) is 2.43. The van der Waals surface area contributed by atoms with Gasteiger partial charge in [-0.05, 0) is 32.9 Å². The summed E-state index contributed by atoms with van der Waals surface area (Å²) in [5.74, 6) is 0.395. The number of nitrogens with two attached hydrogens (primary N) is 1. The van der Waals surface area contributed by atoms with Gasteiger partial charge >= 0.3 is 5.84 Å². The SMILES string of the molecule is CC[N+](CC)=C(N)C(C#N)=NNc1ccc(C)cc1. The Morgan fingerprint density at radius 2 is 1.89 bits per heavy atom. The maximum Gasteiger partial charge on any atom is 0.306 e. The molecule has 0 aliphatic heterocycles. The van der Waals surface area contributed by atoms with Gasteiger partial charge in [0.25, 0.3) is 0 Å². The lowest BCUT2D eigenvalue weighted by molar-refractivity contribution is -0.519. The molecule has 0 saturated carbocycles. The van der Waals surface area contributed by atoms with Crippen LogP contribution in [0, 0.1) is 18.3 Å². The largest absolute Gasteiger partial charge is 0.306 e. The van der Waals surface area contributed by atoms with Crippen molar-refractivity contribution in [3.05, 3.63) is 29.8 Å². The van der Waals surface area contributed by atoms with Gasteiger partial charge in [-0.3, -0.25) is 15.7 Å². The third kappa shape index (κ3) is 4.11. The van der Waals surface area contributed by atoms with Gasteiger partial charge in [-0.25, -0.2) is 0 Å². The summed E-state index contributed by atoms with van der Waals surface area (Å²) in [6, 6.07) is 9.77. The van der Waals surface area contributed by atoms with E-state index in [0.717, 1.165) is 18.8 Å². The Hall–Kier alpha value is -2.35. The molecule has 0 heterocycles. The standard InChI is InChI=1S/C14H19N5/c1-4-19(5-2)14(16)13(10-15)18-17-12-8-6-11(3)7-9-12/h6-9H,4-5H2,1-3H3,(H2,16,17)/p+1. The van der Waals surface area contributed by atoms with E-state index in [0.29, 0.717) is 5.84 Å². The van der Waals surface area contributed by atoms with Crippen LogP contribution in [-0.2, 0) is 0 Å². The Labute approximate surface area is 114 Å². The lowest BCUT2D eigenvalue weighted by atomic mass is 10.2. The molecular weight excluding hydrogens is 238 g/mol. The van der Waals surface area contributed by atoms with Crippen LogP contribution in [0.5, 0.6) is 0 Å². The highest BCUT2D eigenvalue weighted by Gasteiger charge is 2.14.